The van der Waals surface area contributed by atoms with Gasteiger partial charge in [0.15, 0.2) is 5.54 Å². The summed E-state index contributed by atoms with van der Waals surface area (Å²) in [6.07, 6.45) is 0.645. The number of para-hydroxylation sites is 2. The molecule has 4 aromatic rings. The van der Waals surface area contributed by atoms with Crippen LogP contribution in [0.5, 0.6) is 5.75 Å². The second kappa shape index (κ2) is 8.51. The first-order valence-electron chi connectivity index (χ1n) is 12.2. The zero-order valence-electron chi connectivity index (χ0n) is 20.6. The van der Waals surface area contributed by atoms with Gasteiger partial charge >= 0.3 is 6.03 Å². The Kier molecular flexibility index (Phi) is 5.26. The number of imide groups is 1. The molecule has 0 spiro atoms. The molecule has 4 amide bonds. The van der Waals surface area contributed by atoms with Crippen molar-refractivity contribution in [3.63, 3.8) is 0 Å². The van der Waals surface area contributed by atoms with Crippen molar-refractivity contribution >= 4 is 34.4 Å². The molecule has 2 N–H and O–H groups in total. The molecule has 3 aromatic carbocycles. The Balaban J connectivity index is 1.33. The molecule has 0 radical (unpaired) electrons. The smallest absolute Gasteiger partial charge is 0.332 e. The molecule has 0 aliphatic carbocycles. The average molecular weight is 495 g/mol. The molecule has 0 saturated carbocycles. The Morgan fingerprint density at radius 3 is 2.54 bits per heavy atom. The molecule has 0 unspecified atom stereocenters. The standard InChI is InChI=1S/C29H26N4O4/c1-29-25-21(20-7-3-5-9-23(20)31-25)15-16-32(29)28(36)33(27(29)35)24-10-6-4-8-22(24)26(34)30-17-18-11-13-19(37-2)14-12-18/h3-14,31H,15-17H2,1-2H3,(H,30,34)/t29-/m0/s1. The van der Waals surface area contributed by atoms with E-state index in [0.29, 0.717) is 19.5 Å². The van der Waals surface area contributed by atoms with Gasteiger partial charge in [-0.05, 0) is 54.8 Å². The molecular formula is C29H26N4O4. The van der Waals surface area contributed by atoms with Crippen LogP contribution in [0, 0.1) is 0 Å². The van der Waals surface area contributed by atoms with Crippen molar-refractivity contribution in [2.45, 2.75) is 25.4 Å². The first-order valence-corrected chi connectivity index (χ1v) is 12.2. The van der Waals surface area contributed by atoms with Crippen LogP contribution in [0.3, 0.4) is 0 Å². The maximum absolute atomic E-state index is 14.0. The van der Waals surface area contributed by atoms with Gasteiger partial charge in [-0.15, -0.1) is 0 Å². The van der Waals surface area contributed by atoms with Gasteiger partial charge in [-0.1, -0.05) is 42.5 Å². The summed E-state index contributed by atoms with van der Waals surface area (Å²) in [6, 6.07) is 21.6. The van der Waals surface area contributed by atoms with Crippen LogP contribution in [0.25, 0.3) is 10.9 Å². The van der Waals surface area contributed by atoms with Crippen LogP contribution in [-0.2, 0) is 23.3 Å². The zero-order valence-corrected chi connectivity index (χ0v) is 20.6. The lowest BCUT2D eigenvalue weighted by atomic mass is 9.87. The van der Waals surface area contributed by atoms with Crippen LogP contribution < -0.4 is 15.0 Å². The van der Waals surface area contributed by atoms with Crippen molar-refractivity contribution in [2.75, 3.05) is 18.6 Å². The molecule has 186 valence electrons. The first-order chi connectivity index (χ1) is 17.9. The summed E-state index contributed by atoms with van der Waals surface area (Å²) < 4.78 is 5.18. The number of methoxy groups -OCH3 is 1. The summed E-state index contributed by atoms with van der Waals surface area (Å²) in [4.78, 5) is 47.1. The quantitative estimate of drug-likeness (QED) is 0.404. The van der Waals surface area contributed by atoms with E-state index in [1.54, 1.807) is 43.2 Å². The molecule has 0 bridgehead atoms. The Morgan fingerprint density at radius 2 is 1.76 bits per heavy atom. The summed E-state index contributed by atoms with van der Waals surface area (Å²) in [6.45, 7) is 2.49. The average Bonchev–Trinajstić information content (AvgIpc) is 3.41. The summed E-state index contributed by atoms with van der Waals surface area (Å²) in [5.41, 5.74) is 2.99. The summed E-state index contributed by atoms with van der Waals surface area (Å²) in [7, 11) is 1.60. The molecule has 6 rings (SSSR count). The van der Waals surface area contributed by atoms with Crippen molar-refractivity contribution in [3.8, 4) is 5.75 Å². The van der Waals surface area contributed by atoms with E-state index in [0.717, 1.165) is 38.4 Å². The van der Waals surface area contributed by atoms with Gasteiger partial charge in [-0.2, -0.15) is 0 Å². The van der Waals surface area contributed by atoms with Crippen LogP contribution >= 0.6 is 0 Å². The minimum atomic E-state index is -1.18. The lowest BCUT2D eigenvalue weighted by Gasteiger charge is -2.35. The Bertz CT molecular complexity index is 1560. The number of hydrogen-bond donors (Lipinski definition) is 2. The number of H-pyrrole nitrogens is 1. The third-order valence-electron chi connectivity index (χ3n) is 7.47. The van der Waals surface area contributed by atoms with Gasteiger partial charge in [0.05, 0.1) is 24.1 Å². The largest absolute Gasteiger partial charge is 0.497 e. The van der Waals surface area contributed by atoms with E-state index >= 15 is 0 Å². The highest BCUT2D eigenvalue weighted by Crippen LogP contribution is 2.45. The molecule has 8 heteroatoms. The SMILES string of the molecule is COc1ccc(CNC(=O)c2ccccc2N2C(=O)N3CCc4c([nH]c5ccccc45)[C@@]3(C)C2=O)cc1. The maximum Gasteiger partial charge on any atom is 0.332 e. The molecule has 3 heterocycles. The van der Waals surface area contributed by atoms with E-state index in [9.17, 15) is 14.4 Å². The van der Waals surface area contributed by atoms with E-state index < -0.39 is 11.6 Å². The number of urea groups is 1. The zero-order chi connectivity index (χ0) is 25.7. The van der Waals surface area contributed by atoms with Crippen molar-refractivity contribution in [3.05, 3.63) is 95.2 Å². The fourth-order valence-electron chi connectivity index (χ4n) is 5.49. The Labute approximate surface area is 213 Å². The minimum Gasteiger partial charge on any atom is -0.497 e. The highest BCUT2D eigenvalue weighted by molar-refractivity contribution is 6.25. The van der Waals surface area contributed by atoms with Crippen molar-refractivity contribution < 1.29 is 19.1 Å². The number of amides is 4. The number of carbonyl (C=O) groups excluding carboxylic acids is 3. The number of carbonyl (C=O) groups is 3. The van der Waals surface area contributed by atoms with Crippen molar-refractivity contribution in [2.24, 2.45) is 0 Å². The monoisotopic (exact) mass is 494 g/mol. The number of nitrogens with zero attached hydrogens (tertiary/aromatic N) is 2. The second-order valence-corrected chi connectivity index (χ2v) is 9.47. The van der Waals surface area contributed by atoms with Crippen molar-refractivity contribution in [1.82, 2.24) is 15.2 Å². The Morgan fingerprint density at radius 1 is 1.03 bits per heavy atom. The van der Waals surface area contributed by atoms with Crippen LogP contribution in [-0.4, -0.2) is 41.4 Å². The molecule has 37 heavy (non-hydrogen) atoms. The minimum absolute atomic E-state index is 0.262. The van der Waals surface area contributed by atoms with E-state index in [1.165, 1.54) is 0 Å². The second-order valence-electron chi connectivity index (χ2n) is 9.47. The molecule has 1 aromatic heterocycles. The van der Waals surface area contributed by atoms with Gasteiger partial charge in [-0.25, -0.2) is 9.69 Å². The molecule has 2 aliphatic rings. The molecular weight excluding hydrogens is 468 g/mol. The van der Waals surface area contributed by atoms with E-state index in [2.05, 4.69) is 10.3 Å². The number of benzene rings is 3. The van der Waals surface area contributed by atoms with Crippen LogP contribution in [0.1, 0.15) is 34.1 Å². The number of fused-ring (bicyclic) bond motifs is 5. The third-order valence-corrected chi connectivity index (χ3v) is 7.47. The van der Waals surface area contributed by atoms with E-state index in [1.807, 2.05) is 48.5 Å². The molecule has 2 aliphatic heterocycles. The van der Waals surface area contributed by atoms with E-state index in [4.69, 9.17) is 4.74 Å². The van der Waals surface area contributed by atoms with Crippen molar-refractivity contribution in [1.29, 1.82) is 0 Å². The predicted octanol–water partition coefficient (Wildman–Crippen LogP) is 4.35. The molecule has 1 saturated heterocycles. The normalized spacial score (nSPS) is 18.6. The highest BCUT2D eigenvalue weighted by Gasteiger charge is 2.59. The van der Waals surface area contributed by atoms with E-state index in [-0.39, 0.29) is 23.1 Å². The summed E-state index contributed by atoms with van der Waals surface area (Å²) in [5.74, 6) is -0.0108. The lowest BCUT2D eigenvalue weighted by Crippen LogP contribution is -2.49. The summed E-state index contributed by atoms with van der Waals surface area (Å²) in [5, 5.41) is 3.97. The molecule has 8 nitrogen and oxygen atoms in total. The van der Waals surface area contributed by atoms with Crippen LogP contribution in [0.15, 0.2) is 72.8 Å². The number of anilines is 1. The summed E-state index contributed by atoms with van der Waals surface area (Å²) >= 11 is 0. The van der Waals surface area contributed by atoms with Gasteiger partial charge in [0.1, 0.15) is 5.75 Å². The van der Waals surface area contributed by atoms with Crippen LogP contribution in [0.4, 0.5) is 10.5 Å². The van der Waals surface area contributed by atoms with Gasteiger partial charge in [0.2, 0.25) is 0 Å². The third kappa shape index (κ3) is 3.40. The molecule has 1 fully saturated rings. The van der Waals surface area contributed by atoms with Gasteiger partial charge in [0, 0.05) is 24.0 Å². The van der Waals surface area contributed by atoms with Gasteiger partial charge in [0.25, 0.3) is 11.8 Å². The highest BCUT2D eigenvalue weighted by atomic mass is 16.5. The fourth-order valence-corrected chi connectivity index (χ4v) is 5.49. The molecule has 1 atom stereocenters. The van der Waals surface area contributed by atoms with Crippen LogP contribution in [0.2, 0.25) is 0 Å². The number of aromatic amines is 1. The lowest BCUT2D eigenvalue weighted by molar-refractivity contribution is -0.125. The number of aromatic nitrogens is 1. The van der Waals surface area contributed by atoms with Gasteiger partial charge < -0.3 is 19.9 Å². The topological polar surface area (TPSA) is 94.7 Å². The number of rotatable bonds is 5. The number of ether oxygens (including phenoxy) is 1. The van der Waals surface area contributed by atoms with Gasteiger partial charge in [-0.3, -0.25) is 9.59 Å². The first kappa shape index (κ1) is 22.8. The predicted molar refractivity (Wildman–Crippen MR) is 140 cm³/mol. The maximum atomic E-state index is 14.0. The Hall–Kier alpha value is -4.59. The number of nitrogens with one attached hydrogen (secondary N) is 2. The fraction of sp³-hybridized carbons (Fsp3) is 0.207. The number of hydrogen-bond acceptors (Lipinski definition) is 4.